The molecule has 364 valence electrons. The first-order valence-corrected chi connectivity index (χ1v) is 27.3. The molecule has 0 N–H and O–H groups in total. The fourth-order valence-electron chi connectivity index (χ4n) is 8.46. The number of carbonyl (C=O) groups excluding carboxylic acids is 3. The predicted molar refractivity (Wildman–Crippen MR) is 261 cm³/mol. The first kappa shape index (κ1) is 58.1. The van der Waals surface area contributed by atoms with Crippen LogP contribution >= 0.6 is 0 Å². The molecule has 0 spiro atoms. The third-order valence-electron chi connectivity index (χ3n) is 12.7. The van der Waals surface area contributed by atoms with Crippen LogP contribution in [0.2, 0.25) is 0 Å². The summed E-state index contributed by atoms with van der Waals surface area (Å²) in [6.45, 7) is 6.64. The van der Waals surface area contributed by atoms with Gasteiger partial charge in [-0.2, -0.15) is 0 Å². The summed E-state index contributed by atoms with van der Waals surface area (Å²) in [5.41, 5.74) is 0. The zero-order valence-corrected chi connectivity index (χ0v) is 41.4. The minimum absolute atomic E-state index is 0.0762. The van der Waals surface area contributed by atoms with Gasteiger partial charge in [0.15, 0.2) is 6.10 Å². The smallest absolute Gasteiger partial charge is 0.306 e. The van der Waals surface area contributed by atoms with Gasteiger partial charge in [-0.25, -0.2) is 0 Å². The molecule has 62 heavy (non-hydrogen) atoms. The highest BCUT2D eigenvalue weighted by Gasteiger charge is 2.36. The lowest BCUT2D eigenvalue weighted by Gasteiger charge is -2.18. The third-order valence-corrected chi connectivity index (χ3v) is 12.7. The van der Waals surface area contributed by atoms with Crippen LogP contribution in [0.3, 0.4) is 0 Å². The van der Waals surface area contributed by atoms with Crippen LogP contribution < -0.4 is 0 Å². The van der Waals surface area contributed by atoms with E-state index in [-0.39, 0.29) is 31.1 Å². The molecule has 1 heterocycles. The lowest BCUT2D eigenvalue weighted by molar-refractivity contribution is -0.167. The Kier molecular flexibility index (Phi) is 42.8. The molecule has 1 aliphatic heterocycles. The zero-order valence-electron chi connectivity index (χ0n) is 41.4. The van der Waals surface area contributed by atoms with Crippen molar-refractivity contribution in [2.45, 2.75) is 309 Å². The van der Waals surface area contributed by atoms with Gasteiger partial charge < -0.3 is 18.9 Å². The molecule has 0 bridgehead atoms. The number of epoxide rings is 1. The molecule has 0 amide bonds. The fraction of sp³-hybridized carbons (Fsp3) is 0.909. The Bertz CT molecular complexity index is 1030. The molecule has 0 saturated carbocycles. The molecule has 1 saturated heterocycles. The second-order valence-electron chi connectivity index (χ2n) is 18.9. The van der Waals surface area contributed by atoms with E-state index in [2.05, 4.69) is 32.9 Å². The SMILES string of the molecule is CCCCCCCC/C=C\CCCCCCCC(=O)OC(COC(=O)CCCCCCCCCCCCCCC)COC(=O)CCCCCCCC1OC1CCCCCCCC. The maximum absolute atomic E-state index is 12.8. The molecule has 0 aromatic carbocycles. The topological polar surface area (TPSA) is 91.4 Å². The quantitative estimate of drug-likeness (QED) is 0.0198. The number of carbonyl (C=O) groups is 3. The highest BCUT2D eigenvalue weighted by molar-refractivity contribution is 5.71. The normalized spacial score (nSPS) is 15.3. The highest BCUT2D eigenvalue weighted by atomic mass is 16.6. The second kappa shape index (κ2) is 45.7. The average Bonchev–Trinajstić information content (AvgIpc) is 4.03. The Morgan fingerprint density at radius 3 is 1.03 bits per heavy atom. The van der Waals surface area contributed by atoms with Gasteiger partial charge in [0, 0.05) is 19.3 Å². The molecule has 0 aromatic rings. The van der Waals surface area contributed by atoms with E-state index in [9.17, 15) is 14.4 Å². The minimum atomic E-state index is -0.778. The summed E-state index contributed by atoms with van der Waals surface area (Å²) in [6, 6.07) is 0. The van der Waals surface area contributed by atoms with E-state index in [1.807, 2.05) is 0 Å². The molecule has 1 aliphatic rings. The van der Waals surface area contributed by atoms with Gasteiger partial charge in [0.25, 0.3) is 0 Å². The van der Waals surface area contributed by atoms with Crippen LogP contribution in [-0.2, 0) is 33.3 Å². The zero-order chi connectivity index (χ0) is 44.8. The van der Waals surface area contributed by atoms with E-state index < -0.39 is 6.10 Å². The Labute approximate surface area is 384 Å². The van der Waals surface area contributed by atoms with Gasteiger partial charge in [-0.1, -0.05) is 226 Å². The first-order chi connectivity index (χ1) is 30.5. The van der Waals surface area contributed by atoms with Crippen molar-refractivity contribution >= 4 is 17.9 Å². The molecule has 1 fully saturated rings. The second-order valence-corrected chi connectivity index (χ2v) is 18.9. The van der Waals surface area contributed by atoms with Crippen LogP contribution in [0.5, 0.6) is 0 Å². The predicted octanol–water partition coefficient (Wildman–Crippen LogP) is 16.8. The van der Waals surface area contributed by atoms with Crippen molar-refractivity contribution < 1.29 is 33.3 Å². The Morgan fingerprint density at radius 1 is 0.387 bits per heavy atom. The summed E-state index contributed by atoms with van der Waals surface area (Å²) in [7, 11) is 0. The third kappa shape index (κ3) is 40.9. The van der Waals surface area contributed by atoms with Crippen LogP contribution in [-0.4, -0.2) is 49.4 Å². The molecule has 7 heteroatoms. The summed E-state index contributed by atoms with van der Waals surface area (Å²) in [4.78, 5) is 38.1. The molecule has 3 unspecified atom stereocenters. The van der Waals surface area contributed by atoms with Crippen molar-refractivity contribution in [2.24, 2.45) is 0 Å². The molecular weight excluding hydrogens is 773 g/mol. The van der Waals surface area contributed by atoms with E-state index >= 15 is 0 Å². The van der Waals surface area contributed by atoms with Crippen molar-refractivity contribution in [1.29, 1.82) is 0 Å². The summed E-state index contributed by atoms with van der Waals surface area (Å²) >= 11 is 0. The first-order valence-electron chi connectivity index (χ1n) is 27.3. The van der Waals surface area contributed by atoms with Crippen LogP contribution in [0.1, 0.15) is 290 Å². The van der Waals surface area contributed by atoms with E-state index in [1.165, 1.54) is 173 Å². The number of esters is 3. The van der Waals surface area contributed by atoms with Crippen molar-refractivity contribution in [3.63, 3.8) is 0 Å². The van der Waals surface area contributed by atoms with Crippen molar-refractivity contribution in [3.8, 4) is 0 Å². The van der Waals surface area contributed by atoms with Crippen molar-refractivity contribution in [2.75, 3.05) is 13.2 Å². The van der Waals surface area contributed by atoms with Gasteiger partial charge in [-0.05, 0) is 57.8 Å². The van der Waals surface area contributed by atoms with Crippen LogP contribution in [0.25, 0.3) is 0 Å². The van der Waals surface area contributed by atoms with Gasteiger partial charge in [-0.15, -0.1) is 0 Å². The summed E-state index contributed by atoms with van der Waals surface area (Å²) in [5, 5.41) is 0. The van der Waals surface area contributed by atoms with Gasteiger partial charge in [0.05, 0.1) is 12.2 Å². The number of ether oxygens (including phenoxy) is 4. The van der Waals surface area contributed by atoms with Gasteiger partial charge in [0.1, 0.15) is 13.2 Å². The van der Waals surface area contributed by atoms with E-state index in [0.717, 1.165) is 77.0 Å². The molecular formula is C55H102O7. The fourth-order valence-corrected chi connectivity index (χ4v) is 8.46. The molecule has 0 aliphatic carbocycles. The van der Waals surface area contributed by atoms with E-state index in [1.54, 1.807) is 0 Å². The Hall–Kier alpha value is -1.89. The molecule has 3 atom stereocenters. The largest absolute Gasteiger partial charge is 0.462 e. The lowest BCUT2D eigenvalue weighted by Crippen LogP contribution is -2.30. The van der Waals surface area contributed by atoms with Gasteiger partial charge in [0.2, 0.25) is 0 Å². The van der Waals surface area contributed by atoms with Crippen LogP contribution in [0, 0.1) is 0 Å². The average molecular weight is 875 g/mol. The number of rotatable bonds is 49. The molecule has 0 radical (unpaired) electrons. The molecule has 1 rings (SSSR count). The summed E-state index contributed by atoms with van der Waals surface area (Å²) in [5.74, 6) is -0.883. The number of unbranched alkanes of at least 4 members (excludes halogenated alkanes) is 32. The van der Waals surface area contributed by atoms with E-state index in [4.69, 9.17) is 18.9 Å². The minimum Gasteiger partial charge on any atom is -0.462 e. The van der Waals surface area contributed by atoms with Crippen LogP contribution in [0.4, 0.5) is 0 Å². The van der Waals surface area contributed by atoms with Crippen molar-refractivity contribution in [3.05, 3.63) is 12.2 Å². The van der Waals surface area contributed by atoms with Gasteiger partial charge in [-0.3, -0.25) is 14.4 Å². The Balaban J connectivity index is 2.26. The monoisotopic (exact) mass is 875 g/mol. The van der Waals surface area contributed by atoms with Crippen molar-refractivity contribution in [1.82, 2.24) is 0 Å². The number of allylic oxidation sites excluding steroid dienone is 2. The standard InChI is InChI=1S/C55H102O7/c1-4-7-10-13-16-18-20-22-23-25-27-29-31-36-42-47-55(58)61-50(48-59-53(56)45-40-35-30-28-26-24-21-19-17-14-11-8-5-2)49-60-54(57)46-41-37-32-34-39-44-52-51(62-52)43-38-33-15-12-9-6-3/h22-23,50-52H,4-21,24-49H2,1-3H3/b23-22-. The summed E-state index contributed by atoms with van der Waals surface area (Å²) < 4.78 is 22.7. The Morgan fingerprint density at radius 2 is 0.677 bits per heavy atom. The number of hydrogen-bond acceptors (Lipinski definition) is 7. The maximum atomic E-state index is 12.8. The highest BCUT2D eigenvalue weighted by Crippen LogP contribution is 2.32. The van der Waals surface area contributed by atoms with E-state index in [0.29, 0.717) is 31.5 Å². The lowest BCUT2D eigenvalue weighted by atomic mass is 10.0. The molecule has 0 aromatic heterocycles. The van der Waals surface area contributed by atoms with Gasteiger partial charge >= 0.3 is 17.9 Å². The maximum Gasteiger partial charge on any atom is 0.306 e. The molecule has 7 nitrogen and oxygen atoms in total. The summed E-state index contributed by atoms with van der Waals surface area (Å²) in [6.07, 6.45) is 53.4. The number of hydrogen-bond donors (Lipinski definition) is 0. The van der Waals surface area contributed by atoms with Crippen LogP contribution in [0.15, 0.2) is 12.2 Å².